The van der Waals surface area contributed by atoms with Gasteiger partial charge in [-0.1, -0.05) is 0 Å². The van der Waals surface area contributed by atoms with Crippen LogP contribution in [0.4, 0.5) is 8.78 Å². The highest BCUT2D eigenvalue weighted by atomic mass is 19.3. The molecule has 1 rings (SSSR count). The van der Waals surface area contributed by atoms with E-state index in [0.717, 1.165) is 0 Å². The van der Waals surface area contributed by atoms with Crippen LogP contribution in [0.3, 0.4) is 0 Å². The van der Waals surface area contributed by atoms with Crippen molar-refractivity contribution in [3.63, 3.8) is 0 Å². The lowest BCUT2D eigenvalue weighted by molar-refractivity contribution is -0.00354. The largest absolute Gasteiger partial charge is 0.496 e. The van der Waals surface area contributed by atoms with Crippen LogP contribution in [0, 0.1) is 6.92 Å². The van der Waals surface area contributed by atoms with Crippen LogP contribution in [0.15, 0.2) is 12.1 Å². The van der Waals surface area contributed by atoms with Gasteiger partial charge in [0.15, 0.2) is 0 Å². The fourth-order valence-corrected chi connectivity index (χ4v) is 1.76. The summed E-state index contributed by atoms with van der Waals surface area (Å²) in [7, 11) is 4.35. The predicted molar refractivity (Wildman–Crippen MR) is 62.1 cm³/mol. The van der Waals surface area contributed by atoms with E-state index in [1.807, 2.05) is 0 Å². The smallest absolute Gasteiger partial charge is 0.288 e. The molecule has 0 fully saturated rings. The number of likely N-dealkylation sites (N-methyl/N-ethyl adjacent to an activating group) is 1. The van der Waals surface area contributed by atoms with Crippen molar-refractivity contribution in [1.82, 2.24) is 5.32 Å². The van der Waals surface area contributed by atoms with Crippen molar-refractivity contribution in [2.75, 3.05) is 27.8 Å². The van der Waals surface area contributed by atoms with Gasteiger partial charge in [0.05, 0.1) is 26.3 Å². The van der Waals surface area contributed by atoms with Crippen molar-refractivity contribution < 1.29 is 18.3 Å². The van der Waals surface area contributed by atoms with E-state index in [1.165, 1.54) is 33.4 Å². The van der Waals surface area contributed by atoms with E-state index in [4.69, 9.17) is 9.47 Å². The molecule has 1 N–H and O–H groups in total. The van der Waals surface area contributed by atoms with Crippen molar-refractivity contribution in [2.24, 2.45) is 0 Å². The Bertz CT molecular complexity index is 394. The predicted octanol–water partition coefficient (Wildman–Crippen LogP) is 2.32. The summed E-state index contributed by atoms with van der Waals surface area (Å²) in [6.07, 6.45) is 0. The van der Waals surface area contributed by atoms with Gasteiger partial charge in [-0.2, -0.15) is 8.78 Å². The highest BCUT2D eigenvalue weighted by Crippen LogP contribution is 2.39. The van der Waals surface area contributed by atoms with Gasteiger partial charge >= 0.3 is 0 Å². The molecule has 0 aliphatic carbocycles. The first-order valence-corrected chi connectivity index (χ1v) is 5.22. The maximum atomic E-state index is 13.8. The summed E-state index contributed by atoms with van der Waals surface area (Å²) in [5.41, 5.74) is 0.441. The van der Waals surface area contributed by atoms with E-state index in [-0.39, 0.29) is 11.3 Å². The van der Waals surface area contributed by atoms with Crippen LogP contribution in [0.1, 0.15) is 11.1 Å². The van der Waals surface area contributed by atoms with Crippen molar-refractivity contribution in [3.8, 4) is 11.5 Å². The van der Waals surface area contributed by atoms with Gasteiger partial charge in [-0.15, -0.1) is 0 Å². The number of alkyl halides is 2. The Morgan fingerprint density at radius 2 is 1.88 bits per heavy atom. The first-order valence-electron chi connectivity index (χ1n) is 5.22. The van der Waals surface area contributed by atoms with E-state index in [9.17, 15) is 8.78 Å². The minimum atomic E-state index is -2.98. The molecule has 96 valence electrons. The summed E-state index contributed by atoms with van der Waals surface area (Å²) in [5.74, 6) is -2.27. The van der Waals surface area contributed by atoms with Crippen LogP contribution in [0.2, 0.25) is 0 Å². The number of halogens is 2. The lowest BCUT2D eigenvalue weighted by Gasteiger charge is -2.21. The fourth-order valence-electron chi connectivity index (χ4n) is 1.76. The lowest BCUT2D eigenvalue weighted by atomic mass is 10.0. The van der Waals surface area contributed by atoms with Crippen LogP contribution in [-0.2, 0) is 5.92 Å². The fraction of sp³-hybridized carbons (Fsp3) is 0.500. The van der Waals surface area contributed by atoms with E-state index in [1.54, 1.807) is 6.92 Å². The molecule has 0 amide bonds. The van der Waals surface area contributed by atoms with Crippen molar-refractivity contribution >= 4 is 0 Å². The molecule has 17 heavy (non-hydrogen) atoms. The average Bonchev–Trinajstić information content (AvgIpc) is 2.28. The summed E-state index contributed by atoms with van der Waals surface area (Å²) >= 11 is 0. The summed E-state index contributed by atoms with van der Waals surface area (Å²) in [5, 5.41) is 2.47. The average molecular weight is 245 g/mol. The van der Waals surface area contributed by atoms with Gasteiger partial charge in [0.2, 0.25) is 0 Å². The molecule has 0 atom stereocenters. The molecule has 0 radical (unpaired) electrons. The third kappa shape index (κ3) is 2.66. The number of methoxy groups -OCH3 is 2. The minimum Gasteiger partial charge on any atom is -0.496 e. The molecule has 1 aromatic rings. The molecular formula is C12H17F2NO2. The standard InChI is InChI=1S/C12H17F2NO2/c1-8-10(16-3)6-5-9(11(8)17-4)12(13,14)7-15-2/h5-6,15H,7H2,1-4H3. The molecule has 0 unspecified atom stereocenters. The van der Waals surface area contributed by atoms with Crippen LogP contribution in [-0.4, -0.2) is 27.8 Å². The Morgan fingerprint density at radius 1 is 1.24 bits per heavy atom. The summed E-state index contributed by atoms with van der Waals surface area (Å²) < 4.78 is 37.8. The zero-order valence-electron chi connectivity index (χ0n) is 10.4. The second-order valence-corrected chi connectivity index (χ2v) is 3.71. The van der Waals surface area contributed by atoms with E-state index in [2.05, 4.69) is 5.32 Å². The van der Waals surface area contributed by atoms with Gasteiger partial charge < -0.3 is 14.8 Å². The van der Waals surface area contributed by atoms with Crippen LogP contribution < -0.4 is 14.8 Å². The third-order valence-electron chi connectivity index (χ3n) is 2.57. The number of nitrogens with one attached hydrogen (secondary N) is 1. The molecule has 0 spiro atoms. The maximum Gasteiger partial charge on any atom is 0.288 e. The molecule has 0 saturated carbocycles. The van der Waals surface area contributed by atoms with Gasteiger partial charge in [0, 0.05) is 5.56 Å². The Hall–Kier alpha value is -1.36. The van der Waals surface area contributed by atoms with Gasteiger partial charge in [-0.05, 0) is 26.1 Å². The number of ether oxygens (including phenoxy) is 2. The molecule has 0 aliphatic rings. The van der Waals surface area contributed by atoms with Crippen LogP contribution >= 0.6 is 0 Å². The first-order chi connectivity index (χ1) is 7.97. The van der Waals surface area contributed by atoms with E-state index in [0.29, 0.717) is 11.3 Å². The lowest BCUT2D eigenvalue weighted by Crippen LogP contribution is -2.28. The van der Waals surface area contributed by atoms with Crippen molar-refractivity contribution in [3.05, 3.63) is 23.3 Å². The normalized spacial score (nSPS) is 11.4. The van der Waals surface area contributed by atoms with Crippen LogP contribution in [0.25, 0.3) is 0 Å². The molecule has 0 aliphatic heterocycles. The molecule has 0 aromatic heterocycles. The Kier molecular flexibility index (Phi) is 4.28. The van der Waals surface area contributed by atoms with Gasteiger partial charge in [-0.25, -0.2) is 0 Å². The molecule has 5 heteroatoms. The molecular weight excluding hydrogens is 228 g/mol. The maximum absolute atomic E-state index is 13.8. The Morgan fingerprint density at radius 3 is 2.35 bits per heavy atom. The van der Waals surface area contributed by atoms with E-state index >= 15 is 0 Å². The van der Waals surface area contributed by atoms with Crippen LogP contribution in [0.5, 0.6) is 11.5 Å². The van der Waals surface area contributed by atoms with E-state index < -0.39 is 12.5 Å². The number of benzene rings is 1. The molecule has 3 nitrogen and oxygen atoms in total. The number of rotatable bonds is 5. The molecule has 0 saturated heterocycles. The van der Waals surface area contributed by atoms with Gasteiger partial charge in [-0.3, -0.25) is 0 Å². The Balaban J connectivity index is 3.30. The highest BCUT2D eigenvalue weighted by molar-refractivity contribution is 5.51. The highest BCUT2D eigenvalue weighted by Gasteiger charge is 2.35. The summed E-state index contributed by atoms with van der Waals surface area (Å²) in [4.78, 5) is 0. The topological polar surface area (TPSA) is 30.5 Å². The van der Waals surface area contributed by atoms with Crippen molar-refractivity contribution in [2.45, 2.75) is 12.8 Å². The second kappa shape index (κ2) is 5.31. The quantitative estimate of drug-likeness (QED) is 0.863. The molecule has 0 bridgehead atoms. The SMILES string of the molecule is CNCC(F)(F)c1ccc(OC)c(C)c1OC. The second-order valence-electron chi connectivity index (χ2n) is 3.71. The Labute approximate surface area is 99.7 Å². The van der Waals surface area contributed by atoms with Gasteiger partial charge in [0.1, 0.15) is 11.5 Å². The molecule has 0 heterocycles. The monoisotopic (exact) mass is 245 g/mol. The zero-order valence-corrected chi connectivity index (χ0v) is 10.4. The summed E-state index contributed by atoms with van der Waals surface area (Å²) in [6.45, 7) is 1.26. The molecule has 1 aromatic carbocycles. The third-order valence-corrected chi connectivity index (χ3v) is 2.57. The summed E-state index contributed by atoms with van der Waals surface area (Å²) in [6, 6.07) is 2.86. The minimum absolute atomic E-state index is 0.132. The van der Waals surface area contributed by atoms with Crippen molar-refractivity contribution in [1.29, 1.82) is 0 Å². The van der Waals surface area contributed by atoms with Gasteiger partial charge in [0.25, 0.3) is 5.92 Å². The number of hydrogen-bond acceptors (Lipinski definition) is 3. The number of hydrogen-bond donors (Lipinski definition) is 1. The zero-order chi connectivity index (χ0) is 13.1. The first kappa shape index (κ1) is 13.7.